The highest BCUT2D eigenvalue weighted by Crippen LogP contribution is 2.34. The molecule has 1 aliphatic rings. The molecule has 3 N–H and O–H groups in total. The Morgan fingerprint density at radius 1 is 1.23 bits per heavy atom. The smallest absolute Gasteiger partial charge is 0.410 e. The Kier molecular flexibility index (Phi) is 5.39. The number of hydrogen-bond acceptors (Lipinski definition) is 4. The number of nitrogens with two attached hydrogens (primary N) is 1. The molecule has 3 aromatic rings. The lowest BCUT2D eigenvalue weighted by molar-refractivity contribution is 0.0224. The molecule has 1 aromatic heterocycles. The number of benzene rings is 2. The third kappa shape index (κ3) is 4.37. The number of carbonyl (C=O) groups excluding carboxylic acids is 2. The first kappa shape index (κ1) is 21.2. The van der Waals surface area contributed by atoms with Gasteiger partial charge in [0.2, 0.25) is 0 Å². The molecule has 1 saturated heterocycles. The third-order valence-corrected chi connectivity index (χ3v) is 5.48. The summed E-state index contributed by atoms with van der Waals surface area (Å²) >= 11 is 6.10. The SMILES string of the molecule is CC(C)(C)OC(=O)N1CCCC1c1ccc(-c2nc3c(C(N)=O)cc(Cl)cc3[nH]2)cc1. The maximum Gasteiger partial charge on any atom is 0.410 e. The number of aromatic amines is 1. The number of halogens is 1. The maximum absolute atomic E-state index is 12.6. The van der Waals surface area contributed by atoms with Gasteiger partial charge in [0.25, 0.3) is 5.91 Å². The number of fused-ring (bicyclic) bond motifs is 1. The lowest BCUT2D eigenvalue weighted by Crippen LogP contribution is -2.36. The van der Waals surface area contributed by atoms with Crippen molar-refractivity contribution in [3.8, 4) is 11.4 Å². The van der Waals surface area contributed by atoms with E-state index in [0.29, 0.717) is 28.4 Å². The topological polar surface area (TPSA) is 101 Å². The minimum atomic E-state index is -0.579. The summed E-state index contributed by atoms with van der Waals surface area (Å²) in [5, 5.41) is 0.412. The Morgan fingerprint density at radius 2 is 1.94 bits per heavy atom. The second kappa shape index (κ2) is 7.89. The highest BCUT2D eigenvalue weighted by molar-refractivity contribution is 6.32. The fourth-order valence-corrected chi connectivity index (χ4v) is 4.14. The Hall–Kier alpha value is -3.06. The van der Waals surface area contributed by atoms with Crippen LogP contribution in [0.1, 0.15) is 55.6 Å². The van der Waals surface area contributed by atoms with E-state index in [1.807, 2.05) is 45.0 Å². The van der Waals surface area contributed by atoms with Gasteiger partial charge in [0.15, 0.2) is 0 Å². The fourth-order valence-electron chi connectivity index (χ4n) is 3.92. The van der Waals surface area contributed by atoms with Gasteiger partial charge in [0.05, 0.1) is 17.1 Å². The zero-order valence-corrected chi connectivity index (χ0v) is 18.5. The number of primary amides is 1. The average molecular weight is 441 g/mol. The lowest BCUT2D eigenvalue weighted by Gasteiger charge is -2.28. The zero-order valence-electron chi connectivity index (χ0n) is 17.7. The Labute approximate surface area is 185 Å². The number of ether oxygens (including phenoxy) is 1. The van der Waals surface area contributed by atoms with Crippen LogP contribution in [0.15, 0.2) is 36.4 Å². The monoisotopic (exact) mass is 440 g/mol. The molecule has 162 valence electrons. The number of imidazole rings is 1. The molecule has 0 spiro atoms. The predicted octanol–water partition coefficient (Wildman–Crippen LogP) is 5.05. The van der Waals surface area contributed by atoms with E-state index in [2.05, 4.69) is 9.97 Å². The van der Waals surface area contributed by atoms with Crippen LogP contribution in [0.25, 0.3) is 22.4 Å². The van der Waals surface area contributed by atoms with Crippen LogP contribution in [0.3, 0.4) is 0 Å². The van der Waals surface area contributed by atoms with Crippen molar-refractivity contribution < 1.29 is 14.3 Å². The van der Waals surface area contributed by atoms with E-state index in [9.17, 15) is 9.59 Å². The summed E-state index contributed by atoms with van der Waals surface area (Å²) in [4.78, 5) is 33.9. The summed E-state index contributed by atoms with van der Waals surface area (Å²) in [5.41, 5.74) is 8.26. The van der Waals surface area contributed by atoms with Gasteiger partial charge in [-0.15, -0.1) is 0 Å². The summed E-state index contributed by atoms with van der Waals surface area (Å²) in [6.45, 7) is 6.29. The summed E-state index contributed by atoms with van der Waals surface area (Å²) in [7, 11) is 0. The zero-order chi connectivity index (χ0) is 22.3. The van der Waals surface area contributed by atoms with E-state index in [1.165, 1.54) is 6.07 Å². The van der Waals surface area contributed by atoms with Crippen LogP contribution < -0.4 is 5.73 Å². The second-order valence-corrected chi connectivity index (χ2v) is 9.19. The van der Waals surface area contributed by atoms with Gasteiger partial charge in [0.1, 0.15) is 16.9 Å². The average Bonchev–Trinajstić information content (AvgIpc) is 3.33. The van der Waals surface area contributed by atoms with E-state index < -0.39 is 11.5 Å². The van der Waals surface area contributed by atoms with E-state index in [4.69, 9.17) is 22.1 Å². The first-order valence-electron chi connectivity index (χ1n) is 10.2. The number of rotatable bonds is 3. The molecule has 0 saturated carbocycles. The standard InChI is InChI=1S/C23H25ClN4O3/c1-23(2,3)31-22(30)28-10-4-5-18(28)13-6-8-14(9-7-13)21-26-17-12-15(24)11-16(20(25)29)19(17)27-21/h6-9,11-12,18H,4-5,10H2,1-3H3,(H2,25,29)(H,26,27). The molecule has 2 amide bonds. The van der Waals surface area contributed by atoms with Gasteiger partial charge < -0.3 is 20.4 Å². The lowest BCUT2D eigenvalue weighted by atomic mass is 10.0. The van der Waals surface area contributed by atoms with E-state index >= 15 is 0 Å². The highest BCUT2D eigenvalue weighted by Gasteiger charge is 2.33. The summed E-state index contributed by atoms with van der Waals surface area (Å²) in [6.07, 6.45) is 1.54. The Balaban J connectivity index is 1.60. The minimum absolute atomic E-state index is 0.0140. The largest absolute Gasteiger partial charge is 0.444 e. The van der Waals surface area contributed by atoms with Crippen molar-refractivity contribution in [2.24, 2.45) is 5.73 Å². The highest BCUT2D eigenvalue weighted by atomic mass is 35.5. The molecule has 1 unspecified atom stereocenters. The molecular formula is C23H25ClN4O3. The van der Waals surface area contributed by atoms with Crippen molar-refractivity contribution >= 4 is 34.6 Å². The molecule has 1 fully saturated rings. The number of amides is 2. The van der Waals surface area contributed by atoms with E-state index in [1.54, 1.807) is 11.0 Å². The van der Waals surface area contributed by atoms with Crippen molar-refractivity contribution in [3.63, 3.8) is 0 Å². The van der Waals surface area contributed by atoms with Crippen LogP contribution in [-0.2, 0) is 4.74 Å². The fraction of sp³-hybridized carbons (Fsp3) is 0.348. The Bertz CT molecular complexity index is 1150. The molecule has 4 rings (SSSR count). The molecule has 1 aliphatic heterocycles. The van der Waals surface area contributed by atoms with Gasteiger partial charge in [-0.25, -0.2) is 9.78 Å². The molecule has 1 atom stereocenters. The van der Waals surface area contributed by atoms with E-state index in [0.717, 1.165) is 24.0 Å². The molecular weight excluding hydrogens is 416 g/mol. The number of nitrogens with one attached hydrogen (secondary N) is 1. The predicted molar refractivity (Wildman–Crippen MR) is 120 cm³/mol. The van der Waals surface area contributed by atoms with Crippen LogP contribution in [0.4, 0.5) is 4.79 Å². The van der Waals surface area contributed by atoms with Crippen LogP contribution in [-0.4, -0.2) is 39.0 Å². The maximum atomic E-state index is 12.6. The number of carbonyl (C=O) groups is 2. The number of nitrogens with zero attached hydrogens (tertiary/aromatic N) is 2. The summed E-state index contributed by atoms with van der Waals surface area (Å²) in [5.74, 6) is 0.0334. The molecule has 0 bridgehead atoms. The van der Waals surface area contributed by atoms with Crippen molar-refractivity contribution in [2.75, 3.05) is 6.54 Å². The molecule has 31 heavy (non-hydrogen) atoms. The number of likely N-dealkylation sites (tertiary alicyclic amines) is 1. The van der Waals surface area contributed by atoms with Crippen molar-refractivity contribution in [1.82, 2.24) is 14.9 Å². The van der Waals surface area contributed by atoms with Gasteiger partial charge in [-0.05, 0) is 51.3 Å². The van der Waals surface area contributed by atoms with Crippen LogP contribution >= 0.6 is 11.6 Å². The third-order valence-electron chi connectivity index (χ3n) is 5.27. The minimum Gasteiger partial charge on any atom is -0.444 e. The molecule has 0 radical (unpaired) electrons. The molecule has 0 aliphatic carbocycles. The first-order chi connectivity index (χ1) is 14.6. The van der Waals surface area contributed by atoms with Crippen LogP contribution in [0.5, 0.6) is 0 Å². The quantitative estimate of drug-likeness (QED) is 0.594. The molecule has 2 aromatic carbocycles. The van der Waals surface area contributed by atoms with E-state index in [-0.39, 0.29) is 17.7 Å². The van der Waals surface area contributed by atoms with Crippen molar-refractivity contribution in [2.45, 2.75) is 45.3 Å². The molecule has 7 nitrogen and oxygen atoms in total. The molecule has 2 heterocycles. The number of aromatic nitrogens is 2. The van der Waals surface area contributed by atoms with Gasteiger partial charge in [-0.1, -0.05) is 35.9 Å². The van der Waals surface area contributed by atoms with Crippen molar-refractivity contribution in [1.29, 1.82) is 0 Å². The molecule has 8 heteroatoms. The first-order valence-corrected chi connectivity index (χ1v) is 10.6. The van der Waals surface area contributed by atoms with Crippen molar-refractivity contribution in [3.05, 3.63) is 52.5 Å². The number of H-pyrrole nitrogens is 1. The van der Waals surface area contributed by atoms with Crippen LogP contribution in [0, 0.1) is 0 Å². The van der Waals surface area contributed by atoms with Gasteiger partial charge in [-0.3, -0.25) is 4.79 Å². The van der Waals surface area contributed by atoms with Crippen LogP contribution in [0.2, 0.25) is 5.02 Å². The summed E-state index contributed by atoms with van der Waals surface area (Å²) < 4.78 is 5.56. The number of hydrogen-bond donors (Lipinski definition) is 2. The summed E-state index contributed by atoms with van der Waals surface area (Å²) in [6, 6.07) is 11.1. The van der Waals surface area contributed by atoms with Gasteiger partial charge in [0, 0.05) is 17.1 Å². The normalized spacial score (nSPS) is 16.6. The van der Waals surface area contributed by atoms with Gasteiger partial charge in [-0.2, -0.15) is 0 Å². The Morgan fingerprint density at radius 3 is 2.58 bits per heavy atom. The second-order valence-electron chi connectivity index (χ2n) is 8.75. The van der Waals surface area contributed by atoms with Gasteiger partial charge >= 0.3 is 6.09 Å².